The zero-order valence-corrected chi connectivity index (χ0v) is 9.56. The van der Waals surface area contributed by atoms with Crippen molar-refractivity contribution in [2.45, 2.75) is 19.3 Å². The van der Waals surface area contributed by atoms with Crippen LogP contribution in [0, 0.1) is 5.82 Å². The van der Waals surface area contributed by atoms with Gasteiger partial charge < -0.3 is 4.74 Å². The Morgan fingerprint density at radius 1 is 1.47 bits per heavy atom. The highest BCUT2D eigenvalue weighted by Gasteiger charge is 2.33. The number of rotatable bonds is 2. The molecule has 0 unspecified atom stereocenters. The van der Waals surface area contributed by atoms with Crippen molar-refractivity contribution < 1.29 is 13.9 Å². The summed E-state index contributed by atoms with van der Waals surface area (Å²) in [6, 6.07) is 4.22. The van der Waals surface area contributed by atoms with Crippen LogP contribution in [0.2, 0.25) is 5.02 Å². The lowest BCUT2D eigenvalue weighted by Crippen LogP contribution is -2.31. The lowest BCUT2D eigenvalue weighted by molar-refractivity contribution is -0.146. The number of hydrogen-bond acceptors (Lipinski definition) is 2. The number of methoxy groups -OCH3 is 1. The third-order valence-electron chi connectivity index (χ3n) is 2.30. The van der Waals surface area contributed by atoms with Gasteiger partial charge in [-0.3, -0.25) is 4.79 Å². The molecule has 0 amide bonds. The molecule has 0 aliphatic carbocycles. The van der Waals surface area contributed by atoms with Crippen molar-refractivity contribution in [1.29, 1.82) is 0 Å². The highest BCUT2D eigenvalue weighted by molar-refractivity contribution is 6.30. The molecular weight excluding hydrogens is 219 g/mol. The molecule has 2 nitrogen and oxygen atoms in total. The van der Waals surface area contributed by atoms with Crippen LogP contribution in [-0.4, -0.2) is 13.1 Å². The highest BCUT2D eigenvalue weighted by Crippen LogP contribution is 2.28. The number of carbonyl (C=O) groups excluding carboxylic acids is 1. The maximum absolute atomic E-state index is 13.6. The normalized spacial score (nSPS) is 11.3. The van der Waals surface area contributed by atoms with Gasteiger partial charge >= 0.3 is 5.97 Å². The highest BCUT2D eigenvalue weighted by atomic mass is 35.5. The molecule has 1 aromatic rings. The Morgan fingerprint density at radius 2 is 2.07 bits per heavy atom. The van der Waals surface area contributed by atoms with Crippen LogP contribution >= 0.6 is 11.6 Å². The maximum atomic E-state index is 13.6. The first-order valence-electron chi connectivity index (χ1n) is 4.43. The molecule has 1 rings (SSSR count). The van der Waals surface area contributed by atoms with Gasteiger partial charge in [0.15, 0.2) is 0 Å². The van der Waals surface area contributed by atoms with Crippen LogP contribution in [0.4, 0.5) is 4.39 Å². The Bertz CT molecular complexity index is 388. The van der Waals surface area contributed by atoms with E-state index in [-0.39, 0.29) is 5.56 Å². The summed E-state index contributed by atoms with van der Waals surface area (Å²) in [5.41, 5.74) is -0.734. The second-order valence-corrected chi connectivity index (χ2v) is 4.18. The molecule has 0 bridgehead atoms. The van der Waals surface area contributed by atoms with E-state index in [4.69, 9.17) is 11.6 Å². The van der Waals surface area contributed by atoms with Crippen molar-refractivity contribution in [1.82, 2.24) is 0 Å². The third kappa shape index (κ3) is 2.29. The van der Waals surface area contributed by atoms with Gasteiger partial charge in [0, 0.05) is 10.6 Å². The molecule has 0 heterocycles. The third-order valence-corrected chi connectivity index (χ3v) is 2.54. The molecule has 15 heavy (non-hydrogen) atoms. The summed E-state index contributed by atoms with van der Waals surface area (Å²) in [5.74, 6) is -0.985. The van der Waals surface area contributed by atoms with Crippen LogP contribution in [0.3, 0.4) is 0 Å². The first-order chi connectivity index (χ1) is 6.89. The Morgan fingerprint density at radius 3 is 2.53 bits per heavy atom. The fourth-order valence-corrected chi connectivity index (χ4v) is 1.52. The molecule has 4 heteroatoms. The van der Waals surface area contributed by atoms with Crippen LogP contribution in [0.25, 0.3) is 0 Å². The van der Waals surface area contributed by atoms with Crippen molar-refractivity contribution >= 4 is 17.6 Å². The molecule has 0 aliphatic rings. The molecule has 0 aromatic heterocycles. The maximum Gasteiger partial charge on any atom is 0.315 e. The zero-order valence-electron chi connectivity index (χ0n) is 8.80. The molecule has 0 radical (unpaired) electrons. The van der Waals surface area contributed by atoms with Gasteiger partial charge in [-0.15, -0.1) is 0 Å². The summed E-state index contributed by atoms with van der Waals surface area (Å²) in [7, 11) is 1.28. The smallest absolute Gasteiger partial charge is 0.315 e. The van der Waals surface area contributed by atoms with Crippen LogP contribution in [0.15, 0.2) is 18.2 Å². The first kappa shape index (κ1) is 12.0. The van der Waals surface area contributed by atoms with E-state index in [9.17, 15) is 9.18 Å². The number of ether oxygens (including phenoxy) is 1. The Balaban J connectivity index is 3.21. The average Bonchev–Trinajstić information content (AvgIpc) is 2.15. The predicted octanol–water partition coefficient (Wildman–Crippen LogP) is 2.93. The summed E-state index contributed by atoms with van der Waals surface area (Å²) in [5, 5.41) is 0.303. The van der Waals surface area contributed by atoms with E-state index in [1.807, 2.05) is 0 Å². The molecule has 0 N–H and O–H groups in total. The second-order valence-electron chi connectivity index (χ2n) is 3.74. The fraction of sp³-hybridized carbons (Fsp3) is 0.364. The average molecular weight is 231 g/mol. The molecule has 0 atom stereocenters. The fourth-order valence-electron chi connectivity index (χ4n) is 1.36. The molecule has 1 aromatic carbocycles. The van der Waals surface area contributed by atoms with E-state index in [1.165, 1.54) is 19.2 Å². The molecular formula is C11H12ClFO2. The zero-order chi connectivity index (χ0) is 11.6. The Labute approximate surface area is 93.0 Å². The minimum Gasteiger partial charge on any atom is -0.468 e. The van der Waals surface area contributed by atoms with Crippen molar-refractivity contribution in [3.63, 3.8) is 0 Å². The van der Waals surface area contributed by atoms with Crippen LogP contribution < -0.4 is 0 Å². The topological polar surface area (TPSA) is 26.3 Å². The summed E-state index contributed by atoms with van der Waals surface area (Å²) < 4.78 is 18.2. The van der Waals surface area contributed by atoms with E-state index in [1.54, 1.807) is 19.9 Å². The quantitative estimate of drug-likeness (QED) is 0.731. The second kappa shape index (κ2) is 4.19. The lowest BCUT2D eigenvalue weighted by atomic mass is 9.84. The molecule has 0 spiro atoms. The summed E-state index contributed by atoms with van der Waals surface area (Å²) in [6.07, 6.45) is 0. The Kier molecular flexibility index (Phi) is 3.35. The van der Waals surface area contributed by atoms with Crippen LogP contribution in [-0.2, 0) is 14.9 Å². The van der Waals surface area contributed by atoms with Gasteiger partial charge in [0.25, 0.3) is 0 Å². The number of benzene rings is 1. The summed E-state index contributed by atoms with van der Waals surface area (Å²) in [4.78, 5) is 11.4. The van der Waals surface area contributed by atoms with Crippen molar-refractivity contribution in [3.8, 4) is 0 Å². The minimum atomic E-state index is -1.01. The van der Waals surface area contributed by atoms with Gasteiger partial charge in [0.05, 0.1) is 12.5 Å². The summed E-state index contributed by atoms with van der Waals surface area (Å²) in [6.45, 7) is 3.20. The van der Waals surface area contributed by atoms with Crippen molar-refractivity contribution in [2.24, 2.45) is 0 Å². The summed E-state index contributed by atoms with van der Waals surface area (Å²) >= 11 is 5.62. The van der Waals surface area contributed by atoms with Gasteiger partial charge in [0.2, 0.25) is 0 Å². The lowest BCUT2D eigenvalue weighted by Gasteiger charge is -2.22. The van der Waals surface area contributed by atoms with Crippen molar-refractivity contribution in [2.75, 3.05) is 7.11 Å². The molecule has 0 fully saturated rings. The Hall–Kier alpha value is -1.09. The molecule has 82 valence electrons. The number of halogens is 2. The van der Waals surface area contributed by atoms with Crippen LogP contribution in [0.5, 0.6) is 0 Å². The number of carbonyl (C=O) groups is 1. The molecule has 0 aliphatic heterocycles. The first-order valence-corrected chi connectivity index (χ1v) is 4.81. The van der Waals surface area contributed by atoms with E-state index < -0.39 is 17.2 Å². The number of hydrogen-bond donors (Lipinski definition) is 0. The van der Waals surface area contributed by atoms with Gasteiger partial charge in [-0.2, -0.15) is 0 Å². The SMILES string of the molecule is COC(=O)C(C)(C)c1ccc(Cl)cc1F. The monoisotopic (exact) mass is 230 g/mol. The number of esters is 1. The van der Waals surface area contributed by atoms with E-state index in [0.717, 1.165) is 0 Å². The van der Waals surface area contributed by atoms with Crippen LogP contribution in [0.1, 0.15) is 19.4 Å². The van der Waals surface area contributed by atoms with Gasteiger partial charge in [-0.1, -0.05) is 17.7 Å². The predicted molar refractivity (Wildman–Crippen MR) is 56.5 cm³/mol. The minimum absolute atomic E-state index is 0.277. The molecule has 0 saturated carbocycles. The van der Waals surface area contributed by atoms with Crippen molar-refractivity contribution in [3.05, 3.63) is 34.6 Å². The standard InChI is InChI=1S/C11H12ClFO2/c1-11(2,10(14)15-3)8-5-4-7(12)6-9(8)13/h4-6H,1-3H3. The van der Waals surface area contributed by atoms with E-state index >= 15 is 0 Å². The van der Waals surface area contributed by atoms with Gasteiger partial charge in [-0.05, 0) is 26.0 Å². The van der Waals surface area contributed by atoms with E-state index in [0.29, 0.717) is 5.02 Å². The van der Waals surface area contributed by atoms with E-state index in [2.05, 4.69) is 4.74 Å². The van der Waals surface area contributed by atoms with Gasteiger partial charge in [0.1, 0.15) is 5.82 Å². The molecule has 0 saturated heterocycles. The van der Waals surface area contributed by atoms with Gasteiger partial charge in [-0.25, -0.2) is 4.39 Å². The largest absolute Gasteiger partial charge is 0.468 e.